The van der Waals surface area contributed by atoms with Gasteiger partial charge < -0.3 is 54.5 Å². The zero-order valence-corrected chi connectivity index (χ0v) is 34.8. The molecule has 1 aliphatic rings. The molecule has 1 saturated carbocycles. The molecule has 10 N–H and O–H groups in total. The Labute approximate surface area is 339 Å². The van der Waals surface area contributed by atoms with Gasteiger partial charge in [-0.15, -0.1) is 0 Å². The fraction of sp³-hybridized carbons (Fsp3) is 0.714. The van der Waals surface area contributed by atoms with E-state index in [0.29, 0.717) is 32.2 Å². The molecule has 0 spiro atoms. The summed E-state index contributed by atoms with van der Waals surface area (Å²) in [6, 6.07) is 6.46. The molecule has 2 atom stereocenters. The van der Waals surface area contributed by atoms with Gasteiger partial charge in [-0.1, -0.05) is 35.6 Å². The SMILES string of the molecule is CSP(C)(=O)O[C@H]1CC[C@H](C(=O)NCc2ccc(C[C@H](C(=O)NCCOCCON)N(CC(=O)NCCOCCON)CC(=O)NCCOCCON)cc2)CC1. The summed E-state index contributed by atoms with van der Waals surface area (Å²) in [5, 5.41) is 11.4. The number of carbonyl (C=O) groups excluding carboxylic acids is 4. The number of hydrogen-bond acceptors (Lipinski definition) is 17. The molecule has 1 aromatic carbocycles. The summed E-state index contributed by atoms with van der Waals surface area (Å²) in [7, 11) is 0. The van der Waals surface area contributed by atoms with E-state index in [1.54, 1.807) is 12.9 Å². The Hall–Kier alpha value is -2.76. The standard InChI is InChI=1S/C35H63N8O12PS/c1-56(48,57-2)55-30-9-7-29(8-10-30)34(46)42-24-28-5-3-27(4-6-28)23-31(35(47)41-13-16-51-19-22-54-38)43(25-32(44)39-11-14-49-17-20-52-36)26-33(45)40-12-15-50-18-21-53-37/h3-6,29-31H,7-26,36-38H2,1-2H3,(H,39,44)(H,40,45)(H,41,47)(H,42,46)/t29-,30-,31-,56?/m1/s1. The molecule has 57 heavy (non-hydrogen) atoms. The van der Waals surface area contributed by atoms with Crippen LogP contribution in [0, 0.1) is 5.92 Å². The third kappa shape index (κ3) is 22.8. The number of nitrogens with one attached hydrogen (secondary N) is 4. The van der Waals surface area contributed by atoms with E-state index in [-0.39, 0.29) is 117 Å². The van der Waals surface area contributed by atoms with Gasteiger partial charge in [0.25, 0.3) is 6.57 Å². The molecule has 1 aromatic rings. The molecule has 0 saturated heterocycles. The molecule has 1 aliphatic carbocycles. The second-order valence-electron chi connectivity index (χ2n) is 13.1. The van der Waals surface area contributed by atoms with Crippen LogP contribution in [0.15, 0.2) is 24.3 Å². The van der Waals surface area contributed by atoms with Crippen molar-refractivity contribution in [3.63, 3.8) is 0 Å². The zero-order valence-electron chi connectivity index (χ0n) is 33.1. The predicted octanol–water partition coefficient (Wildman–Crippen LogP) is -0.654. The Morgan fingerprint density at radius 1 is 0.719 bits per heavy atom. The van der Waals surface area contributed by atoms with Crippen molar-refractivity contribution in [2.45, 2.75) is 50.8 Å². The Bertz CT molecular complexity index is 1320. The van der Waals surface area contributed by atoms with E-state index in [1.165, 1.54) is 16.3 Å². The van der Waals surface area contributed by atoms with Crippen LogP contribution in [0.3, 0.4) is 0 Å². The summed E-state index contributed by atoms with van der Waals surface area (Å²) >= 11 is 1.23. The minimum absolute atomic E-state index is 0.0437. The van der Waals surface area contributed by atoms with Crippen LogP contribution in [-0.2, 0) is 70.0 Å². The van der Waals surface area contributed by atoms with E-state index in [4.69, 9.17) is 36.4 Å². The van der Waals surface area contributed by atoms with Crippen molar-refractivity contribution in [3.05, 3.63) is 35.4 Å². The van der Waals surface area contributed by atoms with E-state index < -0.39 is 30.3 Å². The van der Waals surface area contributed by atoms with Crippen LogP contribution < -0.4 is 39.0 Å². The van der Waals surface area contributed by atoms with Crippen molar-refractivity contribution in [2.75, 3.05) is 105 Å². The van der Waals surface area contributed by atoms with E-state index in [1.807, 2.05) is 24.3 Å². The summed E-state index contributed by atoms with van der Waals surface area (Å²) in [5.74, 6) is 13.6. The molecule has 0 heterocycles. The highest BCUT2D eigenvalue weighted by atomic mass is 32.7. The van der Waals surface area contributed by atoms with Crippen molar-refractivity contribution >= 4 is 41.6 Å². The quantitative estimate of drug-likeness (QED) is 0.0269. The van der Waals surface area contributed by atoms with Crippen LogP contribution in [-0.4, -0.2) is 146 Å². The Kier molecular flexibility index (Phi) is 26.8. The highest BCUT2D eigenvalue weighted by molar-refractivity contribution is 8.56. The molecule has 2 rings (SSSR count). The van der Waals surface area contributed by atoms with Crippen LogP contribution in [0.5, 0.6) is 0 Å². The molecular formula is C35H63N8O12PS. The number of nitrogens with zero attached hydrogens (tertiary/aromatic N) is 1. The fourth-order valence-electron chi connectivity index (χ4n) is 5.76. The van der Waals surface area contributed by atoms with Crippen LogP contribution in [0.1, 0.15) is 36.8 Å². The van der Waals surface area contributed by atoms with Crippen molar-refractivity contribution in [3.8, 4) is 0 Å². The molecule has 326 valence electrons. The van der Waals surface area contributed by atoms with E-state index in [9.17, 15) is 23.7 Å². The van der Waals surface area contributed by atoms with Crippen LogP contribution in [0.2, 0.25) is 0 Å². The smallest absolute Gasteiger partial charge is 0.254 e. The number of rotatable bonds is 32. The van der Waals surface area contributed by atoms with E-state index in [0.717, 1.165) is 11.1 Å². The molecule has 0 aliphatic heterocycles. The minimum Gasteiger partial charge on any atom is -0.377 e. The van der Waals surface area contributed by atoms with Gasteiger partial charge in [0.15, 0.2) is 0 Å². The number of benzene rings is 1. The maximum absolute atomic E-state index is 13.8. The summed E-state index contributed by atoms with van der Waals surface area (Å²) < 4.78 is 34.3. The third-order valence-electron chi connectivity index (χ3n) is 8.79. The van der Waals surface area contributed by atoms with Gasteiger partial charge in [-0.3, -0.25) is 28.6 Å². The summed E-state index contributed by atoms with van der Waals surface area (Å²) in [5.41, 5.74) is 1.61. The van der Waals surface area contributed by atoms with Gasteiger partial charge in [0, 0.05) is 38.8 Å². The summed E-state index contributed by atoms with van der Waals surface area (Å²) in [6.45, 7) is 1.11. The molecule has 0 aromatic heterocycles. The third-order valence-corrected chi connectivity index (χ3v) is 12.4. The highest BCUT2D eigenvalue weighted by Gasteiger charge is 2.31. The van der Waals surface area contributed by atoms with E-state index >= 15 is 0 Å². The molecular weight excluding hydrogens is 787 g/mol. The Balaban J connectivity index is 2.13. The second kappa shape index (κ2) is 30.3. The normalized spacial score (nSPS) is 17.1. The molecule has 22 heteroatoms. The van der Waals surface area contributed by atoms with Gasteiger partial charge in [-0.2, -0.15) is 0 Å². The van der Waals surface area contributed by atoms with Gasteiger partial charge in [-0.05, 0) is 49.5 Å². The first-order valence-electron chi connectivity index (χ1n) is 18.9. The summed E-state index contributed by atoms with van der Waals surface area (Å²) in [6.07, 6.45) is 4.48. The Morgan fingerprint density at radius 2 is 1.19 bits per heavy atom. The Morgan fingerprint density at radius 3 is 1.67 bits per heavy atom. The topological polar surface area (TPSA) is 279 Å². The molecule has 1 fully saturated rings. The lowest BCUT2D eigenvalue weighted by atomic mass is 9.87. The first-order valence-corrected chi connectivity index (χ1v) is 22.8. The van der Waals surface area contributed by atoms with Gasteiger partial charge in [0.05, 0.1) is 84.7 Å². The van der Waals surface area contributed by atoms with Crippen molar-refractivity contribution in [2.24, 2.45) is 23.6 Å². The van der Waals surface area contributed by atoms with Crippen molar-refractivity contribution in [1.82, 2.24) is 26.2 Å². The molecule has 1 unspecified atom stereocenters. The fourth-order valence-corrected chi connectivity index (χ4v) is 7.22. The summed E-state index contributed by atoms with van der Waals surface area (Å²) in [4.78, 5) is 68.0. The van der Waals surface area contributed by atoms with Gasteiger partial charge >= 0.3 is 0 Å². The molecule has 0 bridgehead atoms. The van der Waals surface area contributed by atoms with Crippen molar-refractivity contribution in [1.29, 1.82) is 0 Å². The van der Waals surface area contributed by atoms with Gasteiger partial charge in [0.2, 0.25) is 23.6 Å². The van der Waals surface area contributed by atoms with Crippen LogP contribution in [0.4, 0.5) is 0 Å². The largest absolute Gasteiger partial charge is 0.377 e. The molecule has 4 amide bonds. The second-order valence-corrected chi connectivity index (χ2v) is 18.3. The number of nitrogens with two attached hydrogens (primary N) is 3. The number of amides is 4. The minimum atomic E-state index is -2.68. The first-order chi connectivity index (χ1) is 27.5. The maximum Gasteiger partial charge on any atom is 0.254 e. The zero-order chi connectivity index (χ0) is 41.7. The number of ether oxygens (including phenoxy) is 3. The maximum atomic E-state index is 13.8. The lowest BCUT2D eigenvalue weighted by molar-refractivity contribution is -0.132. The van der Waals surface area contributed by atoms with Crippen LogP contribution in [0.25, 0.3) is 0 Å². The van der Waals surface area contributed by atoms with Crippen molar-refractivity contribution < 1.29 is 57.0 Å². The predicted molar refractivity (Wildman–Crippen MR) is 213 cm³/mol. The lowest BCUT2D eigenvalue weighted by Gasteiger charge is -2.30. The van der Waals surface area contributed by atoms with Gasteiger partial charge in [0.1, 0.15) is 0 Å². The lowest BCUT2D eigenvalue weighted by Crippen LogP contribution is -2.54. The van der Waals surface area contributed by atoms with Crippen LogP contribution >= 0.6 is 18.0 Å². The average molecular weight is 851 g/mol. The van der Waals surface area contributed by atoms with E-state index in [2.05, 4.69) is 35.8 Å². The highest BCUT2D eigenvalue weighted by Crippen LogP contribution is 2.56. The monoisotopic (exact) mass is 850 g/mol. The number of carbonyl (C=O) groups is 4. The number of hydrogen-bond donors (Lipinski definition) is 7. The average Bonchev–Trinajstić information content (AvgIpc) is 3.20. The first kappa shape index (κ1) is 50.4. The molecule has 20 nitrogen and oxygen atoms in total. The van der Waals surface area contributed by atoms with Gasteiger partial charge in [-0.25, -0.2) is 17.7 Å². The molecule has 0 radical (unpaired) electrons.